The number of rotatable bonds is 2. The molecule has 0 saturated heterocycles. The molecular formula is C18H16BrN. The summed E-state index contributed by atoms with van der Waals surface area (Å²) in [4.78, 5) is 0. The van der Waals surface area contributed by atoms with E-state index < -0.39 is 0 Å². The average molecular weight is 326 g/mol. The topological polar surface area (TPSA) is 26.0 Å². The van der Waals surface area contributed by atoms with Crippen molar-refractivity contribution in [1.29, 1.82) is 0 Å². The van der Waals surface area contributed by atoms with E-state index in [0.717, 1.165) is 10.0 Å². The van der Waals surface area contributed by atoms with Gasteiger partial charge in [0.1, 0.15) is 0 Å². The van der Waals surface area contributed by atoms with Crippen LogP contribution in [0.4, 0.5) is 0 Å². The van der Waals surface area contributed by atoms with E-state index in [4.69, 9.17) is 5.73 Å². The molecule has 2 heteroatoms. The molecule has 1 unspecified atom stereocenters. The molecular weight excluding hydrogens is 310 g/mol. The Hall–Kier alpha value is -1.64. The van der Waals surface area contributed by atoms with Crippen molar-refractivity contribution in [2.24, 2.45) is 5.73 Å². The molecule has 3 rings (SSSR count). The third-order valence-corrected chi connectivity index (χ3v) is 4.21. The lowest BCUT2D eigenvalue weighted by molar-refractivity contribution is 0.879. The van der Waals surface area contributed by atoms with Crippen molar-refractivity contribution in [2.45, 2.75) is 13.0 Å². The van der Waals surface area contributed by atoms with Crippen molar-refractivity contribution in [3.05, 3.63) is 81.8 Å². The highest BCUT2D eigenvalue weighted by Crippen LogP contribution is 2.30. The monoisotopic (exact) mass is 325 g/mol. The zero-order chi connectivity index (χ0) is 14.1. The van der Waals surface area contributed by atoms with E-state index in [1.54, 1.807) is 0 Å². The van der Waals surface area contributed by atoms with Gasteiger partial charge in [0.2, 0.25) is 0 Å². The molecule has 3 aromatic carbocycles. The first-order valence-electron chi connectivity index (χ1n) is 6.66. The van der Waals surface area contributed by atoms with Gasteiger partial charge in [-0.05, 0) is 46.5 Å². The first kappa shape index (κ1) is 13.3. The molecule has 0 aliphatic heterocycles. The molecule has 3 aromatic rings. The van der Waals surface area contributed by atoms with E-state index in [9.17, 15) is 0 Å². The van der Waals surface area contributed by atoms with Crippen LogP contribution in [-0.2, 0) is 0 Å². The molecule has 0 aromatic heterocycles. The van der Waals surface area contributed by atoms with Crippen molar-refractivity contribution < 1.29 is 0 Å². The number of fused-ring (bicyclic) bond motifs is 1. The number of nitrogens with two attached hydrogens (primary N) is 1. The molecule has 0 spiro atoms. The predicted molar refractivity (Wildman–Crippen MR) is 88.9 cm³/mol. The second-order valence-electron chi connectivity index (χ2n) is 5.05. The molecule has 100 valence electrons. The number of hydrogen-bond acceptors (Lipinski definition) is 1. The van der Waals surface area contributed by atoms with Crippen LogP contribution in [0.1, 0.15) is 22.7 Å². The molecule has 0 heterocycles. The van der Waals surface area contributed by atoms with E-state index in [0.29, 0.717) is 0 Å². The molecule has 0 bridgehead atoms. The standard InChI is InChI=1S/C18H16BrN/c1-12-9-10-17(16-8-3-2-7-15(12)16)18(20)13-5-4-6-14(19)11-13/h2-11,18H,20H2,1H3. The fourth-order valence-corrected chi connectivity index (χ4v) is 3.04. The Kier molecular flexibility index (Phi) is 3.60. The van der Waals surface area contributed by atoms with Gasteiger partial charge in [-0.2, -0.15) is 0 Å². The summed E-state index contributed by atoms with van der Waals surface area (Å²) in [7, 11) is 0. The molecule has 0 amide bonds. The second kappa shape index (κ2) is 5.39. The van der Waals surface area contributed by atoms with Crippen molar-refractivity contribution in [3.8, 4) is 0 Å². The van der Waals surface area contributed by atoms with Crippen LogP contribution >= 0.6 is 15.9 Å². The Morgan fingerprint density at radius 3 is 2.40 bits per heavy atom. The lowest BCUT2D eigenvalue weighted by Crippen LogP contribution is -2.12. The van der Waals surface area contributed by atoms with Crippen LogP contribution in [0.3, 0.4) is 0 Å². The normalized spacial score (nSPS) is 12.6. The van der Waals surface area contributed by atoms with Gasteiger partial charge in [0.05, 0.1) is 6.04 Å². The van der Waals surface area contributed by atoms with Crippen LogP contribution in [-0.4, -0.2) is 0 Å². The SMILES string of the molecule is Cc1ccc(C(N)c2cccc(Br)c2)c2ccccc12. The predicted octanol–water partition coefficient (Wildman–Crippen LogP) is 4.96. The Bertz CT molecular complexity index is 764. The van der Waals surface area contributed by atoms with Crippen molar-refractivity contribution >= 4 is 26.7 Å². The summed E-state index contributed by atoms with van der Waals surface area (Å²) < 4.78 is 1.06. The van der Waals surface area contributed by atoms with Crippen molar-refractivity contribution in [2.75, 3.05) is 0 Å². The molecule has 0 fully saturated rings. The Labute approximate surface area is 127 Å². The quantitative estimate of drug-likeness (QED) is 0.708. The maximum atomic E-state index is 6.48. The summed E-state index contributed by atoms with van der Waals surface area (Å²) >= 11 is 3.51. The third-order valence-electron chi connectivity index (χ3n) is 3.72. The Morgan fingerprint density at radius 1 is 0.900 bits per heavy atom. The van der Waals surface area contributed by atoms with Crippen LogP contribution in [0.2, 0.25) is 0 Å². The number of benzene rings is 3. The van der Waals surface area contributed by atoms with E-state index in [1.807, 2.05) is 12.1 Å². The van der Waals surface area contributed by atoms with Gasteiger partial charge in [0, 0.05) is 4.47 Å². The minimum absolute atomic E-state index is 0.113. The zero-order valence-corrected chi connectivity index (χ0v) is 12.9. The largest absolute Gasteiger partial charge is 0.320 e. The van der Waals surface area contributed by atoms with Gasteiger partial charge in [0.15, 0.2) is 0 Å². The van der Waals surface area contributed by atoms with Crippen LogP contribution < -0.4 is 5.73 Å². The van der Waals surface area contributed by atoms with E-state index in [-0.39, 0.29) is 6.04 Å². The van der Waals surface area contributed by atoms with Crippen LogP contribution in [0.15, 0.2) is 65.1 Å². The molecule has 1 atom stereocenters. The summed E-state index contributed by atoms with van der Waals surface area (Å²) in [6.45, 7) is 2.14. The molecule has 20 heavy (non-hydrogen) atoms. The highest BCUT2D eigenvalue weighted by atomic mass is 79.9. The van der Waals surface area contributed by atoms with Crippen molar-refractivity contribution in [1.82, 2.24) is 0 Å². The fraction of sp³-hybridized carbons (Fsp3) is 0.111. The Balaban J connectivity index is 2.17. The maximum absolute atomic E-state index is 6.48. The summed E-state index contributed by atoms with van der Waals surface area (Å²) in [5.74, 6) is 0. The lowest BCUT2D eigenvalue weighted by atomic mass is 9.92. The number of hydrogen-bond donors (Lipinski definition) is 1. The molecule has 2 N–H and O–H groups in total. The van der Waals surface area contributed by atoms with Gasteiger partial charge in [-0.15, -0.1) is 0 Å². The van der Waals surface area contributed by atoms with Gasteiger partial charge >= 0.3 is 0 Å². The fourth-order valence-electron chi connectivity index (χ4n) is 2.62. The summed E-state index contributed by atoms with van der Waals surface area (Å²) in [6, 6.07) is 20.8. The summed E-state index contributed by atoms with van der Waals surface area (Å²) in [5, 5.41) is 2.51. The first-order chi connectivity index (χ1) is 9.66. The lowest BCUT2D eigenvalue weighted by Gasteiger charge is -2.16. The van der Waals surface area contributed by atoms with Gasteiger partial charge < -0.3 is 5.73 Å². The van der Waals surface area contributed by atoms with Gasteiger partial charge in [-0.25, -0.2) is 0 Å². The van der Waals surface area contributed by atoms with E-state index >= 15 is 0 Å². The molecule has 1 nitrogen and oxygen atoms in total. The summed E-state index contributed by atoms with van der Waals surface area (Å²) in [5.41, 5.74) is 10.1. The minimum atomic E-state index is -0.113. The number of aryl methyl sites for hydroxylation is 1. The van der Waals surface area contributed by atoms with Gasteiger partial charge in [-0.1, -0.05) is 64.5 Å². The highest BCUT2D eigenvalue weighted by molar-refractivity contribution is 9.10. The minimum Gasteiger partial charge on any atom is -0.320 e. The van der Waals surface area contributed by atoms with Gasteiger partial charge in [-0.3, -0.25) is 0 Å². The Morgan fingerprint density at radius 2 is 1.65 bits per heavy atom. The van der Waals surface area contributed by atoms with Crippen molar-refractivity contribution in [3.63, 3.8) is 0 Å². The van der Waals surface area contributed by atoms with Crippen LogP contribution in [0.25, 0.3) is 10.8 Å². The van der Waals surface area contributed by atoms with E-state index in [2.05, 4.69) is 71.4 Å². The molecule has 0 saturated carbocycles. The van der Waals surface area contributed by atoms with Crippen LogP contribution in [0.5, 0.6) is 0 Å². The average Bonchev–Trinajstić information content (AvgIpc) is 2.47. The third kappa shape index (κ3) is 2.37. The molecule has 0 aliphatic carbocycles. The smallest absolute Gasteiger partial charge is 0.0558 e. The maximum Gasteiger partial charge on any atom is 0.0558 e. The van der Waals surface area contributed by atoms with Crippen LogP contribution in [0, 0.1) is 6.92 Å². The molecule has 0 aliphatic rings. The summed E-state index contributed by atoms with van der Waals surface area (Å²) in [6.07, 6.45) is 0. The first-order valence-corrected chi connectivity index (χ1v) is 7.45. The van der Waals surface area contributed by atoms with Gasteiger partial charge in [0.25, 0.3) is 0 Å². The second-order valence-corrected chi connectivity index (χ2v) is 5.97. The molecule has 0 radical (unpaired) electrons. The van der Waals surface area contributed by atoms with E-state index in [1.165, 1.54) is 21.9 Å². The number of halogens is 1. The highest BCUT2D eigenvalue weighted by Gasteiger charge is 2.13. The zero-order valence-electron chi connectivity index (χ0n) is 11.3.